The van der Waals surface area contributed by atoms with E-state index in [1.54, 1.807) is 0 Å². The van der Waals surface area contributed by atoms with Crippen molar-refractivity contribution in [1.29, 1.82) is 0 Å². The lowest BCUT2D eigenvalue weighted by Gasteiger charge is -2.44. The first kappa shape index (κ1) is 8.42. The Morgan fingerprint density at radius 1 is 1.21 bits per heavy atom. The van der Waals surface area contributed by atoms with E-state index in [1.807, 2.05) is 12.3 Å². The Labute approximate surface area is 85.0 Å². The average molecular weight is 188 g/mol. The van der Waals surface area contributed by atoms with E-state index in [0.29, 0.717) is 5.92 Å². The van der Waals surface area contributed by atoms with Gasteiger partial charge in [-0.3, -0.25) is 4.98 Å². The van der Waals surface area contributed by atoms with E-state index in [-0.39, 0.29) is 0 Å². The van der Waals surface area contributed by atoms with Crippen molar-refractivity contribution in [1.82, 2.24) is 9.88 Å². The number of aromatic nitrogens is 1. The highest BCUT2D eigenvalue weighted by Gasteiger charge is 2.35. The largest absolute Gasteiger partial charge is 0.303 e. The highest BCUT2D eigenvalue weighted by molar-refractivity contribution is 5.13. The van der Waals surface area contributed by atoms with Crippen molar-refractivity contribution in [3.05, 3.63) is 30.1 Å². The molecule has 14 heavy (non-hydrogen) atoms. The highest BCUT2D eigenvalue weighted by atomic mass is 15.1. The van der Waals surface area contributed by atoms with Crippen molar-refractivity contribution < 1.29 is 0 Å². The summed E-state index contributed by atoms with van der Waals surface area (Å²) in [7, 11) is 0. The maximum atomic E-state index is 4.49. The molecule has 4 rings (SSSR count). The van der Waals surface area contributed by atoms with E-state index >= 15 is 0 Å². The van der Waals surface area contributed by atoms with Crippen LogP contribution in [-0.2, 0) is 0 Å². The smallest absolute Gasteiger partial charge is 0.0450 e. The zero-order valence-corrected chi connectivity index (χ0v) is 8.39. The summed E-state index contributed by atoms with van der Waals surface area (Å²) in [6.45, 7) is 3.86. The molecule has 1 atom stereocenters. The molecular formula is C12H16N2. The molecule has 0 radical (unpaired) electrons. The lowest BCUT2D eigenvalue weighted by Crippen LogP contribution is -2.46. The van der Waals surface area contributed by atoms with Crippen molar-refractivity contribution >= 4 is 0 Å². The van der Waals surface area contributed by atoms with Gasteiger partial charge in [0, 0.05) is 24.4 Å². The van der Waals surface area contributed by atoms with Gasteiger partial charge in [-0.05, 0) is 44.0 Å². The maximum Gasteiger partial charge on any atom is 0.0450 e. The predicted molar refractivity (Wildman–Crippen MR) is 56.1 cm³/mol. The topological polar surface area (TPSA) is 16.1 Å². The standard InChI is InChI=1S/C12H16N2/c1-2-6-13-12(3-1)11-9-14-7-4-10(11)5-8-14/h1-3,6,10-11H,4-5,7-9H2. The molecule has 0 aromatic carbocycles. The van der Waals surface area contributed by atoms with Crippen molar-refractivity contribution in [2.75, 3.05) is 19.6 Å². The molecule has 2 nitrogen and oxygen atoms in total. The summed E-state index contributed by atoms with van der Waals surface area (Å²) in [4.78, 5) is 7.08. The van der Waals surface area contributed by atoms with Crippen LogP contribution < -0.4 is 0 Å². The summed E-state index contributed by atoms with van der Waals surface area (Å²) < 4.78 is 0. The Balaban J connectivity index is 1.86. The number of piperidine rings is 3. The van der Waals surface area contributed by atoms with Crippen LogP contribution in [-0.4, -0.2) is 29.5 Å². The van der Waals surface area contributed by atoms with Gasteiger partial charge < -0.3 is 4.90 Å². The molecule has 3 aliphatic rings. The van der Waals surface area contributed by atoms with Gasteiger partial charge in [-0.1, -0.05) is 6.07 Å². The number of nitrogens with zero attached hydrogens (tertiary/aromatic N) is 2. The van der Waals surface area contributed by atoms with Crippen molar-refractivity contribution in [2.45, 2.75) is 18.8 Å². The lowest BCUT2D eigenvalue weighted by molar-refractivity contribution is 0.0854. The van der Waals surface area contributed by atoms with Crippen LogP contribution in [0.15, 0.2) is 24.4 Å². The first-order chi connectivity index (χ1) is 6.93. The molecule has 0 aliphatic carbocycles. The molecule has 1 aromatic heterocycles. The molecule has 4 heterocycles. The van der Waals surface area contributed by atoms with Gasteiger partial charge in [-0.25, -0.2) is 0 Å². The van der Waals surface area contributed by atoms with Crippen molar-refractivity contribution in [3.8, 4) is 0 Å². The summed E-state index contributed by atoms with van der Waals surface area (Å²) >= 11 is 0. The normalized spacial score (nSPS) is 35.9. The molecule has 0 spiro atoms. The van der Waals surface area contributed by atoms with Crippen LogP contribution in [0.2, 0.25) is 0 Å². The van der Waals surface area contributed by atoms with E-state index in [0.717, 1.165) is 5.92 Å². The second-order valence-corrected chi connectivity index (χ2v) is 4.50. The maximum absolute atomic E-state index is 4.49. The molecule has 3 fully saturated rings. The predicted octanol–water partition coefficient (Wildman–Crippen LogP) is 1.89. The number of fused-ring (bicyclic) bond motifs is 3. The van der Waals surface area contributed by atoms with Gasteiger partial charge >= 0.3 is 0 Å². The van der Waals surface area contributed by atoms with Crippen molar-refractivity contribution in [3.63, 3.8) is 0 Å². The fraction of sp³-hybridized carbons (Fsp3) is 0.583. The van der Waals surface area contributed by atoms with Gasteiger partial charge in [0.1, 0.15) is 0 Å². The zero-order chi connectivity index (χ0) is 9.38. The first-order valence-electron chi connectivity index (χ1n) is 5.57. The van der Waals surface area contributed by atoms with E-state index < -0.39 is 0 Å². The number of hydrogen-bond acceptors (Lipinski definition) is 2. The van der Waals surface area contributed by atoms with Gasteiger partial charge in [0.2, 0.25) is 0 Å². The second-order valence-electron chi connectivity index (χ2n) is 4.50. The van der Waals surface area contributed by atoms with E-state index in [2.05, 4.69) is 22.0 Å². The zero-order valence-electron chi connectivity index (χ0n) is 8.39. The molecule has 0 N–H and O–H groups in total. The van der Waals surface area contributed by atoms with Crippen LogP contribution in [0.5, 0.6) is 0 Å². The number of rotatable bonds is 1. The quantitative estimate of drug-likeness (QED) is 0.669. The van der Waals surface area contributed by atoms with Crippen LogP contribution in [0.1, 0.15) is 24.5 Å². The molecule has 2 heteroatoms. The highest BCUT2D eigenvalue weighted by Crippen LogP contribution is 2.37. The summed E-state index contributed by atoms with van der Waals surface area (Å²) in [5.41, 5.74) is 1.31. The van der Waals surface area contributed by atoms with Gasteiger partial charge in [0.15, 0.2) is 0 Å². The minimum absolute atomic E-state index is 0.707. The molecule has 3 aliphatic heterocycles. The molecule has 3 saturated heterocycles. The van der Waals surface area contributed by atoms with Crippen LogP contribution in [0, 0.1) is 5.92 Å². The fourth-order valence-electron chi connectivity index (χ4n) is 2.90. The third kappa shape index (κ3) is 1.34. The summed E-state index contributed by atoms with van der Waals surface area (Å²) in [6.07, 6.45) is 4.68. The first-order valence-corrected chi connectivity index (χ1v) is 5.57. The minimum Gasteiger partial charge on any atom is -0.303 e. The SMILES string of the molecule is c1ccc(C2CN3CCC2CC3)nc1. The molecule has 74 valence electrons. The molecule has 0 saturated carbocycles. The Kier molecular flexibility index (Phi) is 2.02. The monoisotopic (exact) mass is 188 g/mol. The van der Waals surface area contributed by atoms with Crippen LogP contribution in [0.4, 0.5) is 0 Å². The third-order valence-electron chi connectivity index (χ3n) is 3.72. The second kappa shape index (κ2) is 3.35. The molecule has 1 aromatic rings. The average Bonchev–Trinajstić information content (AvgIpc) is 2.32. The fourth-order valence-corrected chi connectivity index (χ4v) is 2.90. The molecule has 1 unspecified atom stereocenters. The summed E-state index contributed by atoms with van der Waals surface area (Å²) in [5.74, 6) is 1.61. The van der Waals surface area contributed by atoms with E-state index in [9.17, 15) is 0 Å². The van der Waals surface area contributed by atoms with Crippen LogP contribution in [0.3, 0.4) is 0 Å². The van der Waals surface area contributed by atoms with Crippen LogP contribution in [0.25, 0.3) is 0 Å². The van der Waals surface area contributed by atoms with E-state index in [4.69, 9.17) is 0 Å². The number of pyridine rings is 1. The lowest BCUT2D eigenvalue weighted by atomic mass is 9.77. The molecular weight excluding hydrogens is 172 g/mol. The Bertz CT molecular complexity index is 301. The van der Waals surface area contributed by atoms with Gasteiger partial charge in [0.05, 0.1) is 0 Å². The Hall–Kier alpha value is -0.890. The Morgan fingerprint density at radius 2 is 2.07 bits per heavy atom. The molecule has 0 amide bonds. The molecule has 2 bridgehead atoms. The number of hydrogen-bond donors (Lipinski definition) is 0. The third-order valence-corrected chi connectivity index (χ3v) is 3.72. The van der Waals surface area contributed by atoms with E-state index in [1.165, 1.54) is 38.2 Å². The van der Waals surface area contributed by atoms with Gasteiger partial charge in [0.25, 0.3) is 0 Å². The summed E-state index contributed by atoms with van der Waals surface area (Å²) in [6, 6.07) is 6.30. The van der Waals surface area contributed by atoms with Gasteiger partial charge in [-0.15, -0.1) is 0 Å². The van der Waals surface area contributed by atoms with Crippen molar-refractivity contribution in [2.24, 2.45) is 5.92 Å². The minimum atomic E-state index is 0.707. The summed E-state index contributed by atoms with van der Waals surface area (Å²) in [5, 5.41) is 0. The van der Waals surface area contributed by atoms with Gasteiger partial charge in [-0.2, -0.15) is 0 Å². The van der Waals surface area contributed by atoms with Crippen LogP contribution >= 0.6 is 0 Å². The Morgan fingerprint density at radius 3 is 2.64 bits per heavy atom.